The van der Waals surface area contributed by atoms with E-state index >= 15 is 0 Å². The third-order valence-corrected chi connectivity index (χ3v) is 4.51. The molecule has 3 nitrogen and oxygen atoms in total. The second kappa shape index (κ2) is 5.35. The van der Waals surface area contributed by atoms with Gasteiger partial charge in [0, 0.05) is 30.4 Å². The lowest BCUT2D eigenvalue weighted by Crippen LogP contribution is -2.40. The molecule has 0 N–H and O–H groups in total. The minimum atomic E-state index is 0.626. The van der Waals surface area contributed by atoms with Crippen molar-refractivity contribution < 1.29 is 0 Å². The van der Waals surface area contributed by atoms with E-state index in [1.54, 1.807) is 0 Å². The molecule has 0 spiro atoms. The van der Waals surface area contributed by atoms with Gasteiger partial charge in [0.25, 0.3) is 0 Å². The maximum Gasteiger partial charge on any atom is 0.125 e. The molecular formula is C15H23N3. The molecule has 2 aliphatic rings. The van der Waals surface area contributed by atoms with E-state index in [4.69, 9.17) is 0 Å². The van der Waals surface area contributed by atoms with Crippen molar-refractivity contribution in [3.63, 3.8) is 0 Å². The average molecular weight is 245 g/mol. The molecule has 0 radical (unpaired) electrons. The first-order valence-corrected chi connectivity index (χ1v) is 7.36. The third-order valence-electron chi connectivity index (χ3n) is 4.51. The third kappa shape index (κ3) is 2.56. The molecule has 2 heterocycles. The van der Waals surface area contributed by atoms with Crippen LogP contribution in [0.2, 0.25) is 0 Å². The molecule has 1 saturated carbocycles. The summed E-state index contributed by atoms with van der Waals surface area (Å²) in [5.74, 6) is 1.53. The SMILES string of the molecule is Cc1nccc([C@H]2CCCN(C3CCCC3)C2)n1. The van der Waals surface area contributed by atoms with Gasteiger partial charge in [0.05, 0.1) is 0 Å². The Morgan fingerprint density at radius 2 is 2.00 bits per heavy atom. The van der Waals surface area contributed by atoms with E-state index in [0.29, 0.717) is 5.92 Å². The van der Waals surface area contributed by atoms with E-state index < -0.39 is 0 Å². The number of rotatable bonds is 2. The van der Waals surface area contributed by atoms with Gasteiger partial charge in [-0.1, -0.05) is 12.8 Å². The number of hydrogen-bond acceptors (Lipinski definition) is 3. The van der Waals surface area contributed by atoms with Crippen LogP contribution in [0.3, 0.4) is 0 Å². The Hall–Kier alpha value is -0.960. The summed E-state index contributed by atoms with van der Waals surface area (Å²) in [4.78, 5) is 11.5. The Balaban J connectivity index is 1.69. The van der Waals surface area contributed by atoms with Crippen LogP contribution in [0.5, 0.6) is 0 Å². The van der Waals surface area contributed by atoms with Crippen LogP contribution in [-0.2, 0) is 0 Å². The lowest BCUT2D eigenvalue weighted by molar-refractivity contribution is 0.149. The smallest absolute Gasteiger partial charge is 0.125 e. The molecule has 1 aromatic heterocycles. The van der Waals surface area contributed by atoms with Crippen LogP contribution in [0.15, 0.2) is 12.3 Å². The highest BCUT2D eigenvalue weighted by molar-refractivity contribution is 5.10. The van der Waals surface area contributed by atoms with Crippen molar-refractivity contribution in [3.05, 3.63) is 23.8 Å². The molecule has 0 bridgehead atoms. The van der Waals surface area contributed by atoms with Crippen molar-refractivity contribution in [1.82, 2.24) is 14.9 Å². The topological polar surface area (TPSA) is 29.0 Å². The van der Waals surface area contributed by atoms with Crippen LogP contribution in [0.25, 0.3) is 0 Å². The number of piperidine rings is 1. The quantitative estimate of drug-likeness (QED) is 0.802. The highest BCUT2D eigenvalue weighted by Crippen LogP contribution is 2.31. The molecule has 3 heteroatoms. The van der Waals surface area contributed by atoms with Crippen LogP contribution in [-0.4, -0.2) is 34.0 Å². The van der Waals surface area contributed by atoms with Gasteiger partial charge in [-0.05, 0) is 45.2 Å². The molecule has 1 saturated heterocycles. The molecule has 1 atom stereocenters. The lowest BCUT2D eigenvalue weighted by atomic mass is 9.93. The number of likely N-dealkylation sites (tertiary alicyclic amines) is 1. The number of hydrogen-bond donors (Lipinski definition) is 0. The molecule has 1 aromatic rings. The van der Waals surface area contributed by atoms with Gasteiger partial charge in [0.2, 0.25) is 0 Å². The first kappa shape index (κ1) is 12.1. The van der Waals surface area contributed by atoms with Crippen LogP contribution in [0, 0.1) is 6.92 Å². The molecule has 3 rings (SSSR count). The fourth-order valence-electron chi connectivity index (χ4n) is 3.55. The fourth-order valence-corrected chi connectivity index (χ4v) is 3.55. The van der Waals surface area contributed by atoms with Crippen molar-refractivity contribution in [1.29, 1.82) is 0 Å². The number of aromatic nitrogens is 2. The van der Waals surface area contributed by atoms with Gasteiger partial charge in [-0.15, -0.1) is 0 Å². The van der Waals surface area contributed by atoms with Gasteiger partial charge in [-0.3, -0.25) is 4.90 Å². The Morgan fingerprint density at radius 1 is 1.17 bits per heavy atom. The van der Waals surface area contributed by atoms with E-state index in [1.165, 1.54) is 57.3 Å². The highest BCUT2D eigenvalue weighted by atomic mass is 15.2. The van der Waals surface area contributed by atoms with E-state index in [2.05, 4.69) is 20.9 Å². The summed E-state index contributed by atoms with van der Waals surface area (Å²) in [5, 5.41) is 0. The van der Waals surface area contributed by atoms with Crippen molar-refractivity contribution in [2.45, 2.75) is 57.4 Å². The van der Waals surface area contributed by atoms with Gasteiger partial charge in [-0.25, -0.2) is 9.97 Å². The van der Waals surface area contributed by atoms with Gasteiger partial charge >= 0.3 is 0 Å². The van der Waals surface area contributed by atoms with Gasteiger partial charge in [0.15, 0.2) is 0 Å². The van der Waals surface area contributed by atoms with E-state index in [-0.39, 0.29) is 0 Å². The summed E-state index contributed by atoms with van der Waals surface area (Å²) in [6.45, 7) is 4.49. The fraction of sp³-hybridized carbons (Fsp3) is 0.733. The van der Waals surface area contributed by atoms with Crippen molar-refractivity contribution >= 4 is 0 Å². The molecule has 1 aliphatic heterocycles. The van der Waals surface area contributed by atoms with E-state index in [0.717, 1.165) is 11.9 Å². The summed E-state index contributed by atoms with van der Waals surface area (Å²) < 4.78 is 0. The Kier molecular flexibility index (Phi) is 3.59. The summed E-state index contributed by atoms with van der Waals surface area (Å²) >= 11 is 0. The van der Waals surface area contributed by atoms with Gasteiger partial charge in [-0.2, -0.15) is 0 Å². The summed E-state index contributed by atoms with van der Waals surface area (Å²) in [6.07, 6.45) is 10.2. The Labute approximate surface area is 110 Å². The molecule has 2 fully saturated rings. The maximum absolute atomic E-state index is 4.62. The van der Waals surface area contributed by atoms with Crippen LogP contribution in [0.1, 0.15) is 56.0 Å². The average Bonchev–Trinajstić information content (AvgIpc) is 2.93. The maximum atomic E-state index is 4.62. The molecule has 0 unspecified atom stereocenters. The van der Waals surface area contributed by atoms with Crippen LogP contribution < -0.4 is 0 Å². The van der Waals surface area contributed by atoms with Crippen molar-refractivity contribution in [2.75, 3.05) is 13.1 Å². The Bertz CT molecular complexity index is 398. The van der Waals surface area contributed by atoms with E-state index in [1.807, 2.05) is 13.1 Å². The number of aryl methyl sites for hydroxylation is 1. The minimum absolute atomic E-state index is 0.626. The normalized spacial score (nSPS) is 26.6. The molecule has 98 valence electrons. The van der Waals surface area contributed by atoms with Crippen molar-refractivity contribution in [3.8, 4) is 0 Å². The predicted molar refractivity (Wildman–Crippen MR) is 72.6 cm³/mol. The molecule has 0 aromatic carbocycles. The summed E-state index contributed by atoms with van der Waals surface area (Å²) in [5.41, 5.74) is 1.25. The van der Waals surface area contributed by atoms with Crippen molar-refractivity contribution in [2.24, 2.45) is 0 Å². The molecule has 1 aliphatic carbocycles. The highest BCUT2D eigenvalue weighted by Gasteiger charge is 2.28. The zero-order chi connectivity index (χ0) is 12.4. The standard InChI is InChI=1S/C15H23N3/c1-12-16-9-8-15(17-12)13-5-4-10-18(11-13)14-6-2-3-7-14/h8-9,13-14H,2-7,10-11H2,1H3/t13-/m0/s1. The monoisotopic (exact) mass is 245 g/mol. The molecule has 0 amide bonds. The van der Waals surface area contributed by atoms with Crippen LogP contribution in [0.4, 0.5) is 0 Å². The largest absolute Gasteiger partial charge is 0.300 e. The molecule has 18 heavy (non-hydrogen) atoms. The molecular weight excluding hydrogens is 222 g/mol. The number of nitrogens with zero attached hydrogens (tertiary/aromatic N) is 3. The zero-order valence-electron chi connectivity index (χ0n) is 11.3. The summed E-state index contributed by atoms with van der Waals surface area (Å²) in [6, 6.07) is 2.96. The summed E-state index contributed by atoms with van der Waals surface area (Å²) in [7, 11) is 0. The Morgan fingerprint density at radius 3 is 2.78 bits per heavy atom. The minimum Gasteiger partial charge on any atom is -0.300 e. The zero-order valence-corrected chi connectivity index (χ0v) is 11.3. The van der Waals surface area contributed by atoms with Gasteiger partial charge < -0.3 is 0 Å². The van der Waals surface area contributed by atoms with E-state index in [9.17, 15) is 0 Å². The van der Waals surface area contributed by atoms with Crippen LogP contribution >= 0.6 is 0 Å². The van der Waals surface area contributed by atoms with Gasteiger partial charge in [0.1, 0.15) is 5.82 Å². The first-order valence-electron chi connectivity index (χ1n) is 7.36. The first-order chi connectivity index (χ1) is 8.83. The second-order valence-corrected chi connectivity index (χ2v) is 5.80. The lowest BCUT2D eigenvalue weighted by Gasteiger charge is -2.36. The second-order valence-electron chi connectivity index (χ2n) is 5.80. The predicted octanol–water partition coefficient (Wildman–Crippen LogP) is 2.91.